The molecule has 86 valence electrons. The van der Waals surface area contributed by atoms with E-state index in [9.17, 15) is 9.59 Å². The van der Waals surface area contributed by atoms with E-state index < -0.39 is 5.97 Å². The summed E-state index contributed by atoms with van der Waals surface area (Å²) in [5, 5.41) is 0. The van der Waals surface area contributed by atoms with Gasteiger partial charge in [0.2, 0.25) is 0 Å². The summed E-state index contributed by atoms with van der Waals surface area (Å²) in [5.41, 5.74) is 0. The number of hydrogen-bond donors (Lipinski definition) is 0. The summed E-state index contributed by atoms with van der Waals surface area (Å²) in [7, 11) is 0. The smallest absolute Gasteiger partial charge is 0.303 e. The van der Waals surface area contributed by atoms with Gasteiger partial charge >= 0.3 is 5.97 Å². The van der Waals surface area contributed by atoms with Crippen LogP contribution >= 0.6 is 0 Å². The number of esters is 1. The second kappa shape index (κ2) is 5.73. The Morgan fingerprint density at radius 1 is 1.40 bits per heavy atom. The maximum atomic E-state index is 11.7. The quantitative estimate of drug-likeness (QED) is 0.665. The maximum Gasteiger partial charge on any atom is 0.303 e. The minimum absolute atomic E-state index is 0.0586. The van der Waals surface area contributed by atoms with Crippen LogP contribution in [0.2, 0.25) is 0 Å². The highest BCUT2D eigenvalue weighted by atomic mass is 16.5. The summed E-state index contributed by atoms with van der Waals surface area (Å²) in [5.74, 6) is -0.454. The lowest BCUT2D eigenvalue weighted by molar-refractivity contribution is -0.152. The number of rotatable bonds is 3. The molecular formula is C11H19NO3. The number of nitrogens with zero attached hydrogens (tertiary/aromatic N) is 1. The van der Waals surface area contributed by atoms with Crippen molar-refractivity contribution in [2.75, 3.05) is 13.2 Å². The first-order chi connectivity index (χ1) is 7.15. The minimum Gasteiger partial charge on any atom is -0.456 e. The van der Waals surface area contributed by atoms with Gasteiger partial charge in [-0.15, -0.1) is 0 Å². The second-order valence-corrected chi connectivity index (χ2v) is 3.93. The summed E-state index contributed by atoms with van der Waals surface area (Å²) in [6.07, 6.45) is 4.30. The van der Waals surface area contributed by atoms with E-state index in [0.717, 1.165) is 25.8 Å². The fourth-order valence-corrected chi connectivity index (χ4v) is 2.00. The third-order valence-corrected chi connectivity index (χ3v) is 2.82. The Hall–Kier alpha value is -1.06. The molecular weight excluding hydrogens is 194 g/mol. The van der Waals surface area contributed by atoms with Crippen LogP contribution in [0.3, 0.4) is 0 Å². The summed E-state index contributed by atoms with van der Waals surface area (Å²) < 4.78 is 4.72. The molecule has 0 radical (unpaired) electrons. The van der Waals surface area contributed by atoms with Gasteiger partial charge in [-0.2, -0.15) is 0 Å². The number of likely N-dealkylation sites (tertiary alicyclic amines) is 1. The molecule has 0 saturated carbocycles. The molecule has 4 nitrogen and oxygen atoms in total. The van der Waals surface area contributed by atoms with Gasteiger partial charge in [0.05, 0.1) is 0 Å². The van der Waals surface area contributed by atoms with Crippen LogP contribution in [0, 0.1) is 0 Å². The van der Waals surface area contributed by atoms with Crippen LogP contribution in [0.5, 0.6) is 0 Å². The summed E-state index contributed by atoms with van der Waals surface area (Å²) in [6.45, 7) is 4.10. The zero-order valence-electron chi connectivity index (χ0n) is 9.49. The van der Waals surface area contributed by atoms with Crippen LogP contribution < -0.4 is 0 Å². The molecule has 1 aliphatic heterocycles. The van der Waals surface area contributed by atoms with Crippen molar-refractivity contribution in [2.24, 2.45) is 0 Å². The Kier molecular flexibility index (Phi) is 4.59. The lowest BCUT2D eigenvalue weighted by Crippen LogP contribution is -2.45. The number of carbonyl (C=O) groups is 2. The normalized spacial score (nSPS) is 21.2. The second-order valence-electron chi connectivity index (χ2n) is 3.93. The van der Waals surface area contributed by atoms with E-state index in [1.807, 2.05) is 4.90 Å². The fourth-order valence-electron chi connectivity index (χ4n) is 2.00. The molecule has 0 aliphatic carbocycles. The number of amides is 1. The first-order valence-electron chi connectivity index (χ1n) is 5.58. The highest BCUT2D eigenvalue weighted by Gasteiger charge is 2.25. The van der Waals surface area contributed by atoms with E-state index in [1.165, 1.54) is 13.3 Å². The van der Waals surface area contributed by atoms with E-state index in [4.69, 9.17) is 4.74 Å². The Balaban J connectivity index is 2.44. The van der Waals surface area contributed by atoms with Crippen LogP contribution in [0.4, 0.5) is 0 Å². The number of carbonyl (C=O) groups excluding carboxylic acids is 2. The molecule has 1 heterocycles. The first kappa shape index (κ1) is 12.0. The van der Waals surface area contributed by atoms with Gasteiger partial charge in [0.1, 0.15) is 0 Å². The predicted molar refractivity (Wildman–Crippen MR) is 56.3 cm³/mol. The molecule has 1 saturated heterocycles. The van der Waals surface area contributed by atoms with Gasteiger partial charge in [-0.1, -0.05) is 6.92 Å². The van der Waals surface area contributed by atoms with Gasteiger partial charge in [-0.05, 0) is 25.7 Å². The SMILES string of the molecule is CCC1CCCCN1C(=O)COC(C)=O. The van der Waals surface area contributed by atoms with Gasteiger partial charge in [0, 0.05) is 19.5 Å². The van der Waals surface area contributed by atoms with Gasteiger partial charge in [0.25, 0.3) is 5.91 Å². The van der Waals surface area contributed by atoms with E-state index >= 15 is 0 Å². The van der Waals surface area contributed by atoms with Crippen LogP contribution in [-0.2, 0) is 14.3 Å². The number of hydrogen-bond acceptors (Lipinski definition) is 3. The summed E-state index contributed by atoms with van der Waals surface area (Å²) in [6, 6.07) is 0.335. The van der Waals surface area contributed by atoms with Crippen LogP contribution in [0.15, 0.2) is 0 Å². The maximum absolute atomic E-state index is 11.7. The molecule has 15 heavy (non-hydrogen) atoms. The zero-order valence-corrected chi connectivity index (χ0v) is 9.49. The zero-order chi connectivity index (χ0) is 11.3. The lowest BCUT2D eigenvalue weighted by atomic mass is 10.00. The van der Waals surface area contributed by atoms with Crippen molar-refractivity contribution in [1.82, 2.24) is 4.90 Å². The molecule has 0 N–H and O–H groups in total. The van der Waals surface area contributed by atoms with Gasteiger partial charge in [-0.3, -0.25) is 9.59 Å². The molecule has 0 spiro atoms. The average Bonchev–Trinajstić information content (AvgIpc) is 2.25. The van der Waals surface area contributed by atoms with Crippen LogP contribution in [0.1, 0.15) is 39.5 Å². The molecule has 1 rings (SSSR count). The summed E-state index contributed by atoms with van der Waals surface area (Å²) in [4.78, 5) is 24.2. The fraction of sp³-hybridized carbons (Fsp3) is 0.818. The molecule has 1 unspecified atom stereocenters. The summed E-state index contributed by atoms with van der Waals surface area (Å²) >= 11 is 0. The van der Waals surface area contributed by atoms with E-state index in [2.05, 4.69) is 6.92 Å². The van der Waals surface area contributed by atoms with Crippen molar-refractivity contribution in [3.05, 3.63) is 0 Å². The Labute approximate surface area is 90.6 Å². The Morgan fingerprint density at radius 3 is 2.73 bits per heavy atom. The Bertz CT molecular complexity index is 240. The van der Waals surface area contributed by atoms with Crippen molar-refractivity contribution in [1.29, 1.82) is 0 Å². The highest BCUT2D eigenvalue weighted by Crippen LogP contribution is 2.19. The van der Waals surface area contributed by atoms with Gasteiger partial charge < -0.3 is 9.64 Å². The molecule has 1 fully saturated rings. The predicted octanol–water partition coefficient (Wildman–Crippen LogP) is 1.34. The lowest BCUT2D eigenvalue weighted by Gasteiger charge is -2.35. The standard InChI is InChI=1S/C11H19NO3/c1-3-10-6-4-5-7-12(10)11(14)8-15-9(2)13/h10H,3-8H2,1-2H3. The van der Waals surface area contributed by atoms with Crippen LogP contribution in [-0.4, -0.2) is 36.0 Å². The van der Waals surface area contributed by atoms with Crippen molar-refractivity contribution >= 4 is 11.9 Å². The monoisotopic (exact) mass is 213 g/mol. The van der Waals surface area contributed by atoms with Crippen molar-refractivity contribution in [2.45, 2.75) is 45.6 Å². The molecule has 0 aromatic rings. The van der Waals surface area contributed by atoms with Crippen molar-refractivity contribution in [3.63, 3.8) is 0 Å². The number of piperidine rings is 1. The molecule has 0 aromatic heterocycles. The average molecular weight is 213 g/mol. The van der Waals surface area contributed by atoms with Gasteiger partial charge in [0.15, 0.2) is 6.61 Å². The molecule has 4 heteroatoms. The third kappa shape index (κ3) is 3.53. The Morgan fingerprint density at radius 2 is 2.13 bits per heavy atom. The van der Waals surface area contributed by atoms with Crippen LogP contribution in [0.25, 0.3) is 0 Å². The number of ether oxygens (including phenoxy) is 1. The molecule has 1 atom stereocenters. The molecule has 1 amide bonds. The molecule has 1 aliphatic rings. The van der Waals surface area contributed by atoms with E-state index in [1.54, 1.807) is 0 Å². The van der Waals surface area contributed by atoms with Gasteiger partial charge in [-0.25, -0.2) is 0 Å². The topological polar surface area (TPSA) is 46.6 Å². The third-order valence-electron chi connectivity index (χ3n) is 2.82. The largest absolute Gasteiger partial charge is 0.456 e. The minimum atomic E-state index is -0.395. The van der Waals surface area contributed by atoms with E-state index in [-0.39, 0.29) is 12.5 Å². The molecule has 0 bridgehead atoms. The van der Waals surface area contributed by atoms with E-state index in [0.29, 0.717) is 6.04 Å². The van der Waals surface area contributed by atoms with Crippen molar-refractivity contribution < 1.29 is 14.3 Å². The molecule has 0 aromatic carbocycles. The highest BCUT2D eigenvalue weighted by molar-refractivity contribution is 5.80. The van der Waals surface area contributed by atoms with Crippen molar-refractivity contribution in [3.8, 4) is 0 Å². The first-order valence-corrected chi connectivity index (χ1v) is 5.58.